The van der Waals surface area contributed by atoms with Gasteiger partial charge in [0.1, 0.15) is 0 Å². The van der Waals surface area contributed by atoms with Crippen LogP contribution in [0.2, 0.25) is 0 Å². The molecule has 2 aliphatic carbocycles. The Hall–Kier alpha value is -0.600. The zero-order valence-electron chi connectivity index (χ0n) is 11.8. The molecule has 19 heavy (non-hydrogen) atoms. The molecule has 4 nitrogen and oxygen atoms in total. The monoisotopic (exact) mass is 283 g/mol. The van der Waals surface area contributed by atoms with E-state index in [9.17, 15) is 13.7 Å². The van der Waals surface area contributed by atoms with Crippen LogP contribution in [0.1, 0.15) is 34.1 Å². The van der Waals surface area contributed by atoms with Gasteiger partial charge in [0.15, 0.2) is 4.75 Å². The number of fused-ring (bicyclic) bond motifs is 1. The first-order chi connectivity index (χ1) is 8.78. The Morgan fingerprint density at radius 1 is 1.26 bits per heavy atom. The number of nitrogens with zero attached hydrogens (tertiary/aromatic N) is 1. The van der Waals surface area contributed by atoms with Crippen LogP contribution in [0.15, 0.2) is 0 Å². The number of rotatable bonds is 2. The highest BCUT2D eigenvalue weighted by Gasteiger charge is 2.78. The first-order valence-electron chi connectivity index (χ1n) is 7.12. The lowest BCUT2D eigenvalue weighted by molar-refractivity contribution is 0.0533. The van der Waals surface area contributed by atoms with Gasteiger partial charge in [-0.25, -0.2) is 0 Å². The van der Waals surface area contributed by atoms with Gasteiger partial charge in [-0.2, -0.15) is 13.7 Å². The summed E-state index contributed by atoms with van der Waals surface area (Å²) < 4.78 is 29.1. The maximum absolute atomic E-state index is 12.5. The maximum Gasteiger partial charge on any atom is 0.287 e. The van der Waals surface area contributed by atoms with Crippen LogP contribution in [0.25, 0.3) is 0 Å². The Morgan fingerprint density at radius 3 is 2.37 bits per heavy atom. The SMILES string of the molecule is CC(C)C1C2CC3C1OS(=O)(=O)C3(C#N)C2C(C)C. The lowest BCUT2D eigenvalue weighted by Gasteiger charge is -2.39. The fourth-order valence-electron chi connectivity index (χ4n) is 5.25. The second kappa shape index (κ2) is 3.73. The van der Waals surface area contributed by atoms with E-state index in [2.05, 4.69) is 19.9 Å². The molecule has 1 aliphatic heterocycles. The van der Waals surface area contributed by atoms with Crippen LogP contribution >= 0.6 is 0 Å². The molecule has 0 aromatic carbocycles. The molecular weight excluding hydrogens is 262 g/mol. The summed E-state index contributed by atoms with van der Waals surface area (Å²) >= 11 is 0. The Morgan fingerprint density at radius 2 is 1.89 bits per heavy atom. The van der Waals surface area contributed by atoms with E-state index in [1.54, 1.807) is 0 Å². The Kier molecular flexibility index (Phi) is 2.63. The maximum atomic E-state index is 12.5. The van der Waals surface area contributed by atoms with Crippen LogP contribution < -0.4 is 0 Å². The predicted molar refractivity (Wildman–Crippen MR) is 70.4 cm³/mol. The van der Waals surface area contributed by atoms with Gasteiger partial charge in [-0.15, -0.1) is 0 Å². The molecule has 0 amide bonds. The molecular formula is C14H21NO3S. The molecule has 5 heteroatoms. The molecule has 6 unspecified atom stereocenters. The van der Waals surface area contributed by atoms with Gasteiger partial charge in [0, 0.05) is 11.8 Å². The van der Waals surface area contributed by atoms with Crippen molar-refractivity contribution in [2.75, 3.05) is 0 Å². The summed E-state index contributed by atoms with van der Waals surface area (Å²) in [4.78, 5) is 0. The van der Waals surface area contributed by atoms with Crippen LogP contribution in [-0.2, 0) is 14.3 Å². The lowest BCUT2D eigenvalue weighted by Crippen LogP contribution is -2.50. The van der Waals surface area contributed by atoms with E-state index in [4.69, 9.17) is 4.18 Å². The molecule has 2 saturated carbocycles. The molecule has 0 radical (unpaired) electrons. The average molecular weight is 283 g/mol. The van der Waals surface area contributed by atoms with Gasteiger partial charge in [0.25, 0.3) is 10.1 Å². The largest absolute Gasteiger partial charge is 0.287 e. The minimum absolute atomic E-state index is 0.0846. The summed E-state index contributed by atoms with van der Waals surface area (Å²) in [5, 5.41) is 9.64. The fraction of sp³-hybridized carbons (Fsp3) is 0.929. The summed E-state index contributed by atoms with van der Waals surface area (Å²) in [7, 11) is -3.76. The number of hydrogen-bond acceptors (Lipinski definition) is 4. The van der Waals surface area contributed by atoms with Crippen molar-refractivity contribution in [3.05, 3.63) is 0 Å². The molecule has 0 N–H and O–H groups in total. The zero-order valence-corrected chi connectivity index (χ0v) is 12.6. The van der Waals surface area contributed by atoms with Crippen molar-refractivity contribution in [2.45, 2.75) is 45.0 Å². The van der Waals surface area contributed by atoms with E-state index in [0.717, 1.165) is 6.42 Å². The van der Waals surface area contributed by atoms with Crippen molar-refractivity contribution < 1.29 is 12.6 Å². The van der Waals surface area contributed by atoms with Crippen molar-refractivity contribution in [1.82, 2.24) is 0 Å². The third-order valence-electron chi connectivity index (χ3n) is 5.62. The number of nitriles is 1. The molecule has 0 spiro atoms. The molecule has 106 valence electrons. The molecule has 2 bridgehead atoms. The molecule has 0 aromatic heterocycles. The van der Waals surface area contributed by atoms with Crippen LogP contribution in [-0.4, -0.2) is 19.3 Å². The van der Waals surface area contributed by atoms with E-state index in [1.807, 2.05) is 13.8 Å². The molecule has 6 atom stereocenters. The van der Waals surface area contributed by atoms with Crippen LogP contribution in [0, 0.1) is 46.8 Å². The first-order valence-corrected chi connectivity index (χ1v) is 8.52. The van der Waals surface area contributed by atoms with Crippen molar-refractivity contribution in [1.29, 1.82) is 5.26 Å². The van der Waals surface area contributed by atoms with Crippen LogP contribution in [0.3, 0.4) is 0 Å². The standard InChI is InChI=1S/C14H21NO3S/c1-7(2)11-9-5-10-13(11)18-19(16,17)14(10,6-15)12(9)8(3)4/h7-13H,5H2,1-4H3. The highest BCUT2D eigenvalue weighted by atomic mass is 32.2. The second-order valence-electron chi connectivity index (χ2n) is 7.02. The van der Waals surface area contributed by atoms with Crippen LogP contribution in [0.5, 0.6) is 0 Å². The van der Waals surface area contributed by atoms with Crippen molar-refractivity contribution >= 4 is 10.1 Å². The Bertz CT molecular complexity index is 548. The molecule has 1 saturated heterocycles. The summed E-state index contributed by atoms with van der Waals surface area (Å²) in [6.07, 6.45) is 0.577. The third-order valence-corrected chi connectivity index (χ3v) is 7.59. The fourth-order valence-corrected chi connectivity index (χ4v) is 7.46. The topological polar surface area (TPSA) is 67.2 Å². The summed E-state index contributed by atoms with van der Waals surface area (Å²) in [5.74, 6) is 0.966. The number of hydrogen-bond donors (Lipinski definition) is 0. The van der Waals surface area contributed by atoms with E-state index in [1.165, 1.54) is 0 Å². The zero-order chi connectivity index (χ0) is 14.2. The smallest absolute Gasteiger partial charge is 0.265 e. The summed E-state index contributed by atoms with van der Waals surface area (Å²) in [6, 6.07) is 2.17. The van der Waals surface area contributed by atoms with Gasteiger partial charge >= 0.3 is 0 Å². The van der Waals surface area contributed by atoms with E-state index in [-0.39, 0.29) is 29.8 Å². The highest BCUT2D eigenvalue weighted by molar-refractivity contribution is 7.88. The van der Waals surface area contributed by atoms with Crippen molar-refractivity contribution in [3.63, 3.8) is 0 Å². The second-order valence-corrected chi connectivity index (χ2v) is 8.79. The average Bonchev–Trinajstić information content (AvgIpc) is 2.83. The first kappa shape index (κ1) is 13.4. The molecule has 1 heterocycles. The van der Waals surface area contributed by atoms with Gasteiger partial charge in [0.2, 0.25) is 0 Å². The lowest BCUT2D eigenvalue weighted by atomic mass is 9.65. The Labute approximate surface area is 115 Å². The Balaban J connectivity index is 2.20. The predicted octanol–water partition coefficient (Wildman–Crippen LogP) is 2.17. The quantitative estimate of drug-likeness (QED) is 0.728. The van der Waals surface area contributed by atoms with E-state index >= 15 is 0 Å². The minimum Gasteiger partial charge on any atom is -0.265 e. The molecule has 0 aromatic rings. The normalized spacial score (nSPS) is 50.1. The van der Waals surface area contributed by atoms with Gasteiger partial charge in [-0.1, -0.05) is 27.7 Å². The highest BCUT2D eigenvalue weighted by Crippen LogP contribution is 2.68. The summed E-state index contributed by atoms with van der Waals surface area (Å²) in [6.45, 7) is 8.32. The van der Waals surface area contributed by atoms with Gasteiger partial charge in [-0.05, 0) is 30.1 Å². The minimum atomic E-state index is -3.76. The molecule has 3 fully saturated rings. The van der Waals surface area contributed by atoms with Gasteiger partial charge in [-0.3, -0.25) is 4.18 Å². The van der Waals surface area contributed by atoms with E-state index < -0.39 is 14.9 Å². The van der Waals surface area contributed by atoms with Gasteiger partial charge in [0.05, 0.1) is 12.2 Å². The third kappa shape index (κ3) is 1.30. The van der Waals surface area contributed by atoms with Crippen molar-refractivity contribution in [3.8, 4) is 6.07 Å². The van der Waals surface area contributed by atoms with Gasteiger partial charge < -0.3 is 0 Å². The summed E-state index contributed by atoms with van der Waals surface area (Å²) in [5.41, 5.74) is 0. The molecule has 3 aliphatic rings. The van der Waals surface area contributed by atoms with E-state index in [0.29, 0.717) is 11.8 Å². The van der Waals surface area contributed by atoms with Crippen molar-refractivity contribution in [2.24, 2.45) is 35.5 Å². The molecule has 3 rings (SSSR count). The van der Waals surface area contributed by atoms with Crippen LogP contribution in [0.4, 0.5) is 0 Å².